The summed E-state index contributed by atoms with van der Waals surface area (Å²) in [5.41, 5.74) is 0. The Hall–Kier alpha value is 0.787. The van der Waals surface area contributed by atoms with Crippen LogP contribution in [0.25, 0.3) is 0 Å². The summed E-state index contributed by atoms with van der Waals surface area (Å²) in [4.78, 5) is 0. The molecule has 0 aliphatic rings. The molecule has 0 saturated carbocycles. The van der Waals surface area contributed by atoms with Crippen molar-refractivity contribution in [2.24, 2.45) is 5.92 Å². The second-order valence-electron chi connectivity index (χ2n) is 1.21. The minimum atomic E-state index is -0.204. The third kappa shape index (κ3) is 9.92. The quantitative estimate of drug-likeness (QED) is 0.662. The first-order valence-corrected chi connectivity index (χ1v) is 1.81. The Morgan fingerprint density at radius 2 is 2.12 bits per heavy atom. The van der Waals surface area contributed by atoms with E-state index in [1.165, 1.54) is 0 Å². The van der Waals surface area contributed by atoms with Crippen molar-refractivity contribution in [3.05, 3.63) is 0 Å². The van der Waals surface area contributed by atoms with Gasteiger partial charge in [0.05, 0.1) is 18.6 Å². The standard InChI is InChI=1S/C4H7NO.Ce.H2O/c1-4(2-5)3-6;;/h4,6H,3H2,1H3;;1H2. The van der Waals surface area contributed by atoms with E-state index in [1.54, 1.807) is 6.92 Å². The van der Waals surface area contributed by atoms with Gasteiger partial charge in [0.15, 0.2) is 0 Å². The molecule has 0 aromatic heterocycles. The fourth-order valence-corrected chi connectivity index (χ4v) is 0.0408. The molecule has 0 aromatic carbocycles. The Morgan fingerprint density at radius 1 is 1.75 bits per heavy atom. The van der Waals surface area contributed by atoms with Crippen LogP contribution in [0.1, 0.15) is 6.92 Å². The van der Waals surface area contributed by atoms with Crippen LogP contribution in [0.3, 0.4) is 0 Å². The van der Waals surface area contributed by atoms with E-state index in [2.05, 4.69) is 0 Å². The van der Waals surface area contributed by atoms with Gasteiger partial charge in [-0.2, -0.15) is 5.26 Å². The van der Waals surface area contributed by atoms with Crippen LogP contribution in [0.5, 0.6) is 0 Å². The summed E-state index contributed by atoms with van der Waals surface area (Å²) in [6, 6.07) is 1.86. The van der Waals surface area contributed by atoms with Crippen molar-refractivity contribution in [2.75, 3.05) is 6.61 Å². The predicted molar refractivity (Wildman–Crippen MR) is 25.5 cm³/mol. The molecule has 3 N–H and O–H groups in total. The van der Waals surface area contributed by atoms with Gasteiger partial charge in [0.2, 0.25) is 0 Å². The maximum atomic E-state index is 8.11. The van der Waals surface area contributed by atoms with Crippen LogP contribution in [-0.4, -0.2) is 17.2 Å². The molecule has 0 aliphatic heterocycles. The van der Waals surface area contributed by atoms with E-state index in [0.717, 1.165) is 0 Å². The first-order chi connectivity index (χ1) is 2.81. The van der Waals surface area contributed by atoms with Crippen molar-refractivity contribution in [3.8, 4) is 6.07 Å². The SMILES string of the molecule is CC(C#N)CO.O.[Ce]. The molecule has 0 heterocycles. The molecule has 0 aromatic rings. The average molecular weight is 243 g/mol. The average Bonchev–Trinajstić information content (AvgIpc) is 1.65. The molecule has 1 atom stereocenters. The van der Waals surface area contributed by atoms with E-state index in [9.17, 15) is 0 Å². The normalized spacial score (nSPS) is 9.62. The van der Waals surface area contributed by atoms with Crippen LogP contribution in [-0.2, 0) is 0 Å². The zero-order valence-corrected chi connectivity index (χ0v) is 7.82. The number of hydrogen-bond acceptors (Lipinski definition) is 2. The summed E-state index contributed by atoms with van der Waals surface area (Å²) in [7, 11) is 0. The zero-order chi connectivity index (χ0) is 4.99. The molecule has 46 valence electrons. The van der Waals surface area contributed by atoms with Crippen molar-refractivity contribution in [3.63, 3.8) is 0 Å². The molecule has 0 saturated heterocycles. The number of nitriles is 1. The van der Waals surface area contributed by atoms with Crippen molar-refractivity contribution < 1.29 is 52.3 Å². The van der Waals surface area contributed by atoms with Crippen LogP contribution in [0.4, 0.5) is 0 Å². The molecule has 0 aliphatic carbocycles. The van der Waals surface area contributed by atoms with Gasteiger partial charge in [-0.25, -0.2) is 0 Å². The van der Waals surface area contributed by atoms with E-state index in [4.69, 9.17) is 10.4 Å². The Labute approximate surface area is 82.4 Å². The van der Waals surface area contributed by atoms with Gasteiger partial charge in [0, 0.05) is 41.7 Å². The van der Waals surface area contributed by atoms with E-state index < -0.39 is 0 Å². The molecule has 0 amide bonds. The fourth-order valence-electron chi connectivity index (χ4n) is 0.0408. The third-order valence-electron chi connectivity index (χ3n) is 0.494. The summed E-state index contributed by atoms with van der Waals surface area (Å²) < 4.78 is 0. The van der Waals surface area contributed by atoms with Crippen LogP contribution >= 0.6 is 0 Å². The van der Waals surface area contributed by atoms with Gasteiger partial charge in [-0.3, -0.25) is 0 Å². The van der Waals surface area contributed by atoms with E-state index in [0.29, 0.717) is 0 Å². The first-order valence-electron chi connectivity index (χ1n) is 1.81. The zero-order valence-electron chi connectivity index (χ0n) is 4.68. The minimum Gasteiger partial charge on any atom is -0.412 e. The van der Waals surface area contributed by atoms with E-state index >= 15 is 0 Å². The number of aliphatic hydroxyl groups excluding tert-OH is 1. The second-order valence-corrected chi connectivity index (χ2v) is 1.21. The maximum absolute atomic E-state index is 8.11. The molecular formula is C4H9CeNO2. The molecule has 0 radical (unpaired) electrons. The van der Waals surface area contributed by atoms with E-state index in [-0.39, 0.29) is 59.7 Å². The molecule has 1 unspecified atom stereocenters. The summed E-state index contributed by atoms with van der Waals surface area (Å²) in [5, 5.41) is 16.0. The van der Waals surface area contributed by atoms with Gasteiger partial charge in [0.25, 0.3) is 0 Å². The minimum absolute atomic E-state index is 0. The molecule has 0 bridgehead atoms. The number of aliphatic hydroxyl groups is 1. The van der Waals surface area contributed by atoms with Gasteiger partial charge >= 0.3 is 0 Å². The Kier molecular flexibility index (Phi) is 21.3. The Balaban J connectivity index is -0.000000125. The number of hydrogen-bond donors (Lipinski definition) is 1. The van der Waals surface area contributed by atoms with Crippen LogP contribution in [0, 0.1) is 59.0 Å². The number of nitrogens with zero attached hydrogens (tertiary/aromatic N) is 1. The molecule has 3 nitrogen and oxygen atoms in total. The van der Waals surface area contributed by atoms with E-state index in [1.807, 2.05) is 6.07 Å². The molecule has 0 spiro atoms. The van der Waals surface area contributed by atoms with Gasteiger partial charge in [-0.1, -0.05) is 0 Å². The molecule has 8 heavy (non-hydrogen) atoms. The predicted octanol–water partition coefficient (Wildman–Crippen LogP) is -0.686. The van der Waals surface area contributed by atoms with Crippen LogP contribution in [0.2, 0.25) is 0 Å². The topological polar surface area (TPSA) is 75.5 Å². The van der Waals surface area contributed by atoms with Gasteiger partial charge in [-0.05, 0) is 6.92 Å². The Morgan fingerprint density at radius 3 is 2.12 bits per heavy atom. The largest absolute Gasteiger partial charge is 0.412 e. The Bertz CT molecular complexity index is 70.9. The van der Waals surface area contributed by atoms with Crippen molar-refractivity contribution >= 4 is 0 Å². The summed E-state index contributed by atoms with van der Waals surface area (Å²) in [6.07, 6.45) is 0. The summed E-state index contributed by atoms with van der Waals surface area (Å²) in [5.74, 6) is -0.204. The first kappa shape index (κ1) is 15.9. The van der Waals surface area contributed by atoms with Crippen LogP contribution in [0.15, 0.2) is 0 Å². The smallest absolute Gasteiger partial charge is 0.0677 e. The molecular weight excluding hydrogens is 234 g/mol. The second kappa shape index (κ2) is 10.7. The fraction of sp³-hybridized carbons (Fsp3) is 0.750. The third-order valence-corrected chi connectivity index (χ3v) is 0.494. The summed E-state index contributed by atoms with van der Waals surface area (Å²) in [6.45, 7) is 1.64. The molecule has 0 rings (SSSR count). The van der Waals surface area contributed by atoms with Gasteiger partial charge < -0.3 is 10.6 Å². The van der Waals surface area contributed by atoms with Gasteiger partial charge in [0.1, 0.15) is 0 Å². The maximum Gasteiger partial charge on any atom is 0.0677 e. The molecule has 4 heteroatoms. The monoisotopic (exact) mass is 243 g/mol. The summed E-state index contributed by atoms with van der Waals surface area (Å²) >= 11 is 0. The van der Waals surface area contributed by atoms with Crippen LogP contribution < -0.4 is 0 Å². The van der Waals surface area contributed by atoms with Crippen molar-refractivity contribution in [1.29, 1.82) is 5.26 Å². The van der Waals surface area contributed by atoms with Crippen molar-refractivity contribution in [1.82, 2.24) is 0 Å². The van der Waals surface area contributed by atoms with Crippen molar-refractivity contribution in [2.45, 2.75) is 6.92 Å². The molecule has 0 fully saturated rings. The number of rotatable bonds is 1. The van der Waals surface area contributed by atoms with Gasteiger partial charge in [-0.15, -0.1) is 0 Å².